The van der Waals surface area contributed by atoms with Crippen LogP contribution in [0.1, 0.15) is 29.8 Å². The fourth-order valence-corrected chi connectivity index (χ4v) is 4.61. The fourth-order valence-electron chi connectivity index (χ4n) is 4.61. The number of aromatic nitrogens is 3. The number of benzene rings is 3. The van der Waals surface area contributed by atoms with Gasteiger partial charge >= 0.3 is 0 Å². The van der Waals surface area contributed by atoms with Crippen molar-refractivity contribution in [1.29, 1.82) is 0 Å². The van der Waals surface area contributed by atoms with Crippen LogP contribution in [0.4, 0.5) is 11.5 Å². The highest BCUT2D eigenvalue weighted by Gasteiger charge is 2.30. The smallest absolute Gasteiger partial charge is 0.151 e. The molecule has 6 rings (SSSR count). The average Bonchev–Trinajstić information content (AvgIpc) is 3.43. The highest BCUT2D eigenvalue weighted by Crippen LogP contribution is 2.40. The van der Waals surface area contributed by atoms with Crippen LogP contribution in [0.25, 0.3) is 16.7 Å². The van der Waals surface area contributed by atoms with Gasteiger partial charge in [0.2, 0.25) is 0 Å². The van der Waals surface area contributed by atoms with E-state index in [9.17, 15) is 0 Å². The summed E-state index contributed by atoms with van der Waals surface area (Å²) in [5.74, 6) is 1.97. The number of hydrogen-bond acceptors (Lipinski definition) is 6. The summed E-state index contributed by atoms with van der Waals surface area (Å²) >= 11 is 0. The lowest BCUT2D eigenvalue weighted by atomic mass is 10.1. The highest BCUT2D eigenvalue weighted by molar-refractivity contribution is 5.91. The molecular weight excluding hydrogens is 438 g/mol. The summed E-state index contributed by atoms with van der Waals surface area (Å²) in [4.78, 5) is 8.73. The van der Waals surface area contributed by atoms with Crippen LogP contribution in [0.2, 0.25) is 0 Å². The quantitative estimate of drug-likeness (QED) is 0.321. The van der Waals surface area contributed by atoms with Crippen LogP contribution in [-0.4, -0.2) is 14.5 Å². The monoisotopic (exact) mass is 463 g/mol. The molecule has 3 N–H and O–H groups in total. The van der Waals surface area contributed by atoms with Gasteiger partial charge in [-0.15, -0.1) is 0 Å². The van der Waals surface area contributed by atoms with Crippen LogP contribution in [-0.2, 0) is 17.9 Å². The third-order valence-corrected chi connectivity index (χ3v) is 6.29. The summed E-state index contributed by atoms with van der Waals surface area (Å²) in [7, 11) is 0. The molecule has 0 saturated carbocycles. The SMILES string of the molecule is CC1OCc2c1c1ncnc(N)c1n2-c1ccc(Oc2cccc(NCc3ccccc3)c2)cc1. The van der Waals surface area contributed by atoms with E-state index in [1.165, 1.54) is 11.9 Å². The molecule has 0 bridgehead atoms. The minimum absolute atomic E-state index is 0.0339. The van der Waals surface area contributed by atoms with Gasteiger partial charge < -0.3 is 25.1 Å². The molecule has 35 heavy (non-hydrogen) atoms. The van der Waals surface area contributed by atoms with E-state index in [4.69, 9.17) is 15.2 Å². The molecule has 1 unspecified atom stereocenters. The van der Waals surface area contributed by atoms with Gasteiger partial charge in [0, 0.05) is 29.5 Å². The Kier molecular flexibility index (Phi) is 5.31. The topological polar surface area (TPSA) is 87.2 Å². The normalized spacial score (nSPS) is 14.7. The van der Waals surface area contributed by atoms with Gasteiger partial charge in [-0.05, 0) is 48.9 Å². The molecule has 1 atom stereocenters. The number of anilines is 2. The van der Waals surface area contributed by atoms with Gasteiger partial charge in [-0.1, -0.05) is 36.4 Å². The van der Waals surface area contributed by atoms with E-state index < -0.39 is 0 Å². The number of hydrogen-bond donors (Lipinski definition) is 2. The zero-order valence-electron chi connectivity index (χ0n) is 19.3. The fraction of sp³-hybridized carbons (Fsp3) is 0.143. The molecule has 3 heterocycles. The Bertz CT molecular complexity index is 1500. The van der Waals surface area contributed by atoms with E-state index in [0.29, 0.717) is 12.4 Å². The average molecular weight is 464 g/mol. The highest BCUT2D eigenvalue weighted by atomic mass is 16.5. The van der Waals surface area contributed by atoms with E-state index in [2.05, 4.69) is 32.0 Å². The molecule has 0 saturated heterocycles. The summed E-state index contributed by atoms with van der Waals surface area (Å²) in [6, 6.07) is 26.2. The zero-order chi connectivity index (χ0) is 23.8. The predicted molar refractivity (Wildman–Crippen MR) is 137 cm³/mol. The second-order valence-electron chi connectivity index (χ2n) is 8.57. The standard InChI is InChI=1S/C28H25N5O2/c1-18-25-24(16-34-18)33(27-26(25)31-17-32-28(27)29)21-10-12-22(13-11-21)35-23-9-5-8-20(14-23)30-15-19-6-3-2-4-7-19/h2-14,17-18,30H,15-16H2,1H3,(H2,29,31,32). The van der Waals surface area contributed by atoms with Crippen molar-refractivity contribution in [3.8, 4) is 17.2 Å². The molecular formula is C28H25N5O2. The first-order chi connectivity index (χ1) is 17.2. The van der Waals surface area contributed by atoms with Gasteiger partial charge in [0.05, 0.1) is 18.4 Å². The van der Waals surface area contributed by atoms with Crippen LogP contribution in [0.3, 0.4) is 0 Å². The molecule has 7 nitrogen and oxygen atoms in total. The Morgan fingerprint density at radius 3 is 2.66 bits per heavy atom. The number of nitrogen functional groups attached to an aromatic ring is 1. The first-order valence-electron chi connectivity index (χ1n) is 11.6. The Balaban J connectivity index is 1.24. The molecule has 0 radical (unpaired) electrons. The van der Waals surface area contributed by atoms with Gasteiger partial charge in [-0.2, -0.15) is 0 Å². The van der Waals surface area contributed by atoms with Crippen molar-refractivity contribution in [2.75, 3.05) is 11.1 Å². The molecule has 2 aromatic heterocycles. The van der Waals surface area contributed by atoms with Crippen molar-refractivity contribution in [1.82, 2.24) is 14.5 Å². The van der Waals surface area contributed by atoms with E-state index >= 15 is 0 Å². The Morgan fingerprint density at radius 2 is 1.83 bits per heavy atom. The zero-order valence-corrected chi connectivity index (χ0v) is 19.3. The lowest BCUT2D eigenvalue weighted by molar-refractivity contribution is 0.0783. The molecule has 1 aliphatic heterocycles. The van der Waals surface area contributed by atoms with Crippen molar-refractivity contribution in [3.05, 3.63) is 102 Å². The van der Waals surface area contributed by atoms with Crippen molar-refractivity contribution >= 4 is 22.5 Å². The first kappa shape index (κ1) is 21.2. The van der Waals surface area contributed by atoms with Gasteiger partial charge in [-0.25, -0.2) is 9.97 Å². The molecule has 0 spiro atoms. The van der Waals surface area contributed by atoms with Crippen LogP contribution in [0.15, 0.2) is 85.2 Å². The number of rotatable bonds is 6. The van der Waals surface area contributed by atoms with E-state index in [1.54, 1.807) is 0 Å². The van der Waals surface area contributed by atoms with Crippen LogP contribution >= 0.6 is 0 Å². The van der Waals surface area contributed by atoms with Crippen LogP contribution in [0, 0.1) is 0 Å². The molecule has 174 valence electrons. The maximum Gasteiger partial charge on any atom is 0.151 e. The van der Waals surface area contributed by atoms with Crippen molar-refractivity contribution in [2.24, 2.45) is 0 Å². The lowest BCUT2D eigenvalue weighted by Gasteiger charge is -2.12. The van der Waals surface area contributed by atoms with Gasteiger partial charge in [-0.3, -0.25) is 0 Å². The number of ether oxygens (including phenoxy) is 2. The first-order valence-corrected chi connectivity index (χ1v) is 11.6. The van der Waals surface area contributed by atoms with E-state index in [0.717, 1.165) is 51.7 Å². The maximum absolute atomic E-state index is 6.27. The largest absolute Gasteiger partial charge is 0.457 e. The second kappa shape index (κ2) is 8.77. The summed E-state index contributed by atoms with van der Waals surface area (Å²) in [5.41, 5.74) is 13.3. The minimum Gasteiger partial charge on any atom is -0.457 e. The summed E-state index contributed by atoms with van der Waals surface area (Å²) in [6.45, 7) is 3.30. The molecule has 0 fully saturated rings. The van der Waals surface area contributed by atoms with Gasteiger partial charge in [0.1, 0.15) is 28.9 Å². The van der Waals surface area contributed by atoms with Crippen molar-refractivity contribution in [3.63, 3.8) is 0 Å². The third-order valence-electron chi connectivity index (χ3n) is 6.29. The molecule has 0 aliphatic carbocycles. The summed E-state index contributed by atoms with van der Waals surface area (Å²) in [5, 5.41) is 3.45. The van der Waals surface area contributed by atoms with Crippen LogP contribution in [0.5, 0.6) is 11.5 Å². The number of fused-ring (bicyclic) bond motifs is 3. The summed E-state index contributed by atoms with van der Waals surface area (Å²) < 4.78 is 14.1. The number of nitrogens with zero attached hydrogens (tertiary/aromatic N) is 3. The molecule has 7 heteroatoms. The van der Waals surface area contributed by atoms with E-state index in [-0.39, 0.29) is 6.10 Å². The third kappa shape index (κ3) is 3.96. The Morgan fingerprint density at radius 1 is 1.00 bits per heavy atom. The lowest BCUT2D eigenvalue weighted by Crippen LogP contribution is -2.03. The molecule has 1 aliphatic rings. The molecule has 0 amide bonds. The molecule has 5 aromatic rings. The Hall–Kier alpha value is -4.36. The molecule has 3 aromatic carbocycles. The Labute approximate surface area is 203 Å². The predicted octanol–water partition coefficient (Wildman–Crippen LogP) is 6.00. The minimum atomic E-state index is -0.0339. The van der Waals surface area contributed by atoms with Crippen molar-refractivity contribution < 1.29 is 9.47 Å². The van der Waals surface area contributed by atoms with Gasteiger partial charge in [0.15, 0.2) is 5.82 Å². The van der Waals surface area contributed by atoms with Gasteiger partial charge in [0.25, 0.3) is 0 Å². The summed E-state index contributed by atoms with van der Waals surface area (Å²) in [6.07, 6.45) is 1.47. The second-order valence-corrected chi connectivity index (χ2v) is 8.57. The van der Waals surface area contributed by atoms with Crippen LogP contribution < -0.4 is 15.8 Å². The van der Waals surface area contributed by atoms with E-state index in [1.807, 2.05) is 73.7 Å². The number of nitrogens with two attached hydrogens (primary N) is 1. The maximum atomic E-state index is 6.27. The van der Waals surface area contributed by atoms with Crippen molar-refractivity contribution in [2.45, 2.75) is 26.2 Å². The number of nitrogens with one attached hydrogen (secondary N) is 1.